The topological polar surface area (TPSA) is 43.6 Å². The van der Waals surface area contributed by atoms with Crippen molar-refractivity contribution in [1.29, 1.82) is 0 Å². The van der Waals surface area contributed by atoms with Gasteiger partial charge in [-0.05, 0) is 103 Å². The molecule has 4 nitrogen and oxygen atoms in total. The first kappa shape index (κ1) is 29.3. The second kappa shape index (κ2) is 14.8. The minimum atomic E-state index is -2.30. The van der Waals surface area contributed by atoms with Crippen LogP contribution in [0.2, 0.25) is 0 Å². The summed E-state index contributed by atoms with van der Waals surface area (Å²) in [5, 5.41) is 11.1. The van der Waals surface area contributed by atoms with Gasteiger partial charge in [-0.15, -0.1) is 41.1 Å². The van der Waals surface area contributed by atoms with Crippen LogP contribution >= 0.6 is 0 Å². The quantitative estimate of drug-likeness (QED) is 0.154. The van der Waals surface area contributed by atoms with Crippen LogP contribution in [0.3, 0.4) is 0 Å². The van der Waals surface area contributed by atoms with E-state index in [2.05, 4.69) is 118 Å². The molecule has 10 aromatic rings. The number of hydrogen-bond donors (Lipinski definition) is 0. The van der Waals surface area contributed by atoms with Crippen molar-refractivity contribution in [3.8, 4) is 5.69 Å². The number of rotatable bonds is 1. The fraction of sp³-hybridized carbons (Fsp3) is 0.0208. The average molecular weight is 861 g/mol. The summed E-state index contributed by atoms with van der Waals surface area (Å²) < 4.78 is 34.2. The molecular formula is C48H32IrN4-2. The van der Waals surface area contributed by atoms with Gasteiger partial charge in [0.25, 0.3) is 0 Å². The molecule has 3 aromatic heterocycles. The zero-order valence-corrected chi connectivity index (χ0v) is 30.7. The van der Waals surface area contributed by atoms with E-state index in [1.807, 2.05) is 66.7 Å². The number of aromatic nitrogens is 4. The Morgan fingerprint density at radius 1 is 0.528 bits per heavy atom. The van der Waals surface area contributed by atoms with E-state index in [4.69, 9.17) is 5.48 Å². The molecular weight excluding hydrogens is 825 g/mol. The molecule has 5 heteroatoms. The van der Waals surface area contributed by atoms with Gasteiger partial charge in [-0.25, -0.2) is 9.97 Å². The molecule has 0 amide bonds. The zero-order valence-electron chi connectivity index (χ0n) is 32.3. The first-order valence-electron chi connectivity index (χ1n) is 19.0. The van der Waals surface area contributed by atoms with Crippen molar-refractivity contribution >= 4 is 75.9 Å². The Morgan fingerprint density at radius 3 is 1.74 bits per heavy atom. The van der Waals surface area contributed by atoms with Crippen molar-refractivity contribution in [1.82, 2.24) is 19.5 Å². The Labute approximate surface area is 326 Å². The van der Waals surface area contributed by atoms with E-state index >= 15 is 0 Å². The molecule has 0 unspecified atom stereocenters. The minimum absolute atomic E-state index is 0. The fourth-order valence-electron chi connectivity index (χ4n) is 6.63. The van der Waals surface area contributed by atoms with Crippen LogP contribution in [-0.2, 0) is 20.1 Å². The van der Waals surface area contributed by atoms with Crippen LogP contribution < -0.4 is 0 Å². The van der Waals surface area contributed by atoms with E-state index in [9.17, 15) is 0 Å². The van der Waals surface area contributed by atoms with Crippen molar-refractivity contribution < 1.29 is 25.6 Å². The number of hydrogen-bond acceptors (Lipinski definition) is 3. The SMILES string of the molecule is [2H]C([2H])([2H])c1cnc2cc1c1cccc(c1)c1cccc(c1)c1cccc(c1)c1cccc(c1)c1cc[c-]c2c1.[2H]c1nc2cccnc2n1-c1[c-]cccc1.[Ir]. The van der Waals surface area contributed by atoms with E-state index in [1.165, 1.54) is 6.20 Å². The molecule has 0 atom stereocenters. The third kappa shape index (κ3) is 6.88. The number of benzene rings is 6. The maximum Gasteiger partial charge on any atom is 0.162 e. The largest absolute Gasteiger partial charge is 0.308 e. The first-order valence-corrected chi connectivity index (χ1v) is 17.0. The van der Waals surface area contributed by atoms with Crippen molar-refractivity contribution in [2.24, 2.45) is 0 Å². The van der Waals surface area contributed by atoms with Gasteiger partial charge in [0.1, 0.15) is 6.89 Å². The molecule has 1 radical (unpaired) electrons. The third-order valence-electron chi connectivity index (χ3n) is 9.26. The van der Waals surface area contributed by atoms with E-state index < -0.39 is 6.85 Å². The predicted molar refractivity (Wildman–Crippen MR) is 217 cm³/mol. The molecule has 0 aliphatic carbocycles. The van der Waals surface area contributed by atoms with Gasteiger partial charge in [0.15, 0.2) is 5.65 Å². The van der Waals surface area contributed by atoms with E-state index in [-0.39, 0.29) is 32.0 Å². The van der Waals surface area contributed by atoms with Gasteiger partial charge in [-0.1, -0.05) is 84.6 Å². The van der Waals surface area contributed by atoms with Gasteiger partial charge in [0, 0.05) is 36.6 Å². The summed E-state index contributed by atoms with van der Waals surface area (Å²) in [6, 6.07) is 59.2. The van der Waals surface area contributed by atoms with Crippen molar-refractivity contribution in [3.63, 3.8) is 0 Å². The molecule has 0 saturated carbocycles. The van der Waals surface area contributed by atoms with Crippen LogP contribution in [0, 0.1) is 19.0 Å². The molecule has 0 aliphatic heterocycles. The fourth-order valence-corrected chi connectivity index (χ4v) is 6.63. The van der Waals surface area contributed by atoms with Crippen LogP contribution in [-0.4, -0.2) is 19.5 Å². The van der Waals surface area contributed by atoms with Crippen LogP contribution in [0.15, 0.2) is 176 Å². The molecule has 0 fully saturated rings. The summed E-state index contributed by atoms with van der Waals surface area (Å²) in [5.74, 6) is 0. The molecule has 10 rings (SSSR count). The summed E-state index contributed by atoms with van der Waals surface area (Å²) in [7, 11) is 0. The van der Waals surface area contributed by atoms with Gasteiger partial charge >= 0.3 is 0 Å². The smallest absolute Gasteiger partial charge is 0.162 e. The summed E-state index contributed by atoms with van der Waals surface area (Å²) in [5.41, 5.74) is 3.12. The first-order chi connectivity index (χ1) is 27.3. The summed E-state index contributed by atoms with van der Waals surface area (Å²) in [6.07, 6.45) is 3.37. The Kier molecular flexibility index (Phi) is 8.17. The van der Waals surface area contributed by atoms with E-state index in [0.717, 1.165) is 65.1 Å². The molecule has 0 saturated heterocycles. The molecule has 53 heavy (non-hydrogen) atoms. The third-order valence-corrected chi connectivity index (χ3v) is 9.26. The number of para-hydroxylation sites is 1. The molecule has 0 spiro atoms. The van der Waals surface area contributed by atoms with Crippen molar-refractivity contribution in [3.05, 3.63) is 194 Å². The Morgan fingerprint density at radius 2 is 1.13 bits per heavy atom. The second-order valence-corrected chi connectivity index (χ2v) is 12.6. The number of imidazole rings is 1. The maximum atomic E-state index is 8.22. The minimum Gasteiger partial charge on any atom is -0.308 e. The van der Waals surface area contributed by atoms with Gasteiger partial charge in [-0.3, -0.25) is 0 Å². The number of pyridine rings is 2. The Hall–Kier alpha value is -6.26. The molecule has 0 aliphatic rings. The summed E-state index contributed by atoms with van der Waals surface area (Å²) in [6.45, 7) is -2.30. The molecule has 12 bridgehead atoms. The summed E-state index contributed by atoms with van der Waals surface area (Å²) in [4.78, 5) is 13.0. The van der Waals surface area contributed by atoms with E-state index in [0.29, 0.717) is 16.6 Å². The monoisotopic (exact) mass is 861 g/mol. The summed E-state index contributed by atoms with van der Waals surface area (Å²) >= 11 is 0. The number of fused-ring (bicyclic) bond motifs is 19. The maximum absolute atomic E-state index is 8.22. The van der Waals surface area contributed by atoms with Crippen LogP contribution in [0.5, 0.6) is 0 Å². The van der Waals surface area contributed by atoms with Crippen LogP contribution in [0.25, 0.3) is 81.6 Å². The second-order valence-electron chi connectivity index (χ2n) is 12.6. The number of nitrogens with zero attached hydrogens (tertiary/aromatic N) is 4. The Balaban J connectivity index is 0.000000224. The normalized spacial score (nSPS) is 12.3. The average Bonchev–Trinajstić information content (AvgIpc) is 3.59. The van der Waals surface area contributed by atoms with Crippen molar-refractivity contribution in [2.45, 2.75) is 6.85 Å². The molecule has 7 aromatic carbocycles. The van der Waals surface area contributed by atoms with Crippen LogP contribution in [0.1, 0.15) is 11.0 Å². The van der Waals surface area contributed by atoms with Crippen molar-refractivity contribution in [2.75, 3.05) is 0 Å². The predicted octanol–water partition coefficient (Wildman–Crippen LogP) is 12.0. The molecule has 0 N–H and O–H groups in total. The zero-order chi connectivity index (χ0) is 38.2. The number of aryl methyl sites for hydroxylation is 1. The van der Waals surface area contributed by atoms with Gasteiger partial charge in [0.05, 0.1) is 6.30 Å². The van der Waals surface area contributed by atoms with Crippen LogP contribution in [0.4, 0.5) is 0 Å². The molecule has 255 valence electrons. The van der Waals surface area contributed by atoms with Gasteiger partial charge in [-0.2, -0.15) is 24.3 Å². The molecule has 3 heterocycles. The van der Waals surface area contributed by atoms with E-state index in [1.54, 1.807) is 10.8 Å². The van der Waals surface area contributed by atoms with Gasteiger partial charge < -0.3 is 9.55 Å². The van der Waals surface area contributed by atoms with Gasteiger partial charge in [0.2, 0.25) is 0 Å². The standard InChI is InChI=1S/C36H24N.C12H8N3.Ir/c1-24-23-37-36-22-35(24)33-15-5-13-31(20-33)29-11-3-9-27(18-29)25-7-2-8-26(17-25)28-10-4-12-30(19-28)32-14-6-16-34(36)21-32;1-2-5-10(6-3-1)15-9-14-11-7-4-8-13-12(11)15;/h2-15,17-23H,1H3;1-5,7-9H;/q2*-1;/i1D3;9D;. The Bertz CT molecular complexity index is 3220.